The Morgan fingerprint density at radius 3 is 1.27 bits per heavy atom. The van der Waals surface area contributed by atoms with Crippen LogP contribution < -0.4 is 0 Å². The van der Waals surface area contributed by atoms with Gasteiger partial charge in [0.15, 0.2) is 0 Å². The molecule has 12 rings (SSSR count). The summed E-state index contributed by atoms with van der Waals surface area (Å²) in [4.78, 5) is 0. The van der Waals surface area contributed by atoms with E-state index in [2.05, 4.69) is 188 Å². The van der Waals surface area contributed by atoms with Crippen molar-refractivity contribution in [1.29, 1.82) is 0 Å². The van der Waals surface area contributed by atoms with Crippen LogP contribution in [0.25, 0.3) is 121 Å². The van der Waals surface area contributed by atoms with Crippen molar-refractivity contribution in [3.05, 3.63) is 194 Å². The molecule has 0 fully saturated rings. The minimum atomic E-state index is 0.900. The van der Waals surface area contributed by atoms with Crippen LogP contribution in [0.15, 0.2) is 199 Å². The second-order valence-electron chi connectivity index (χ2n) is 14.7. The summed E-state index contributed by atoms with van der Waals surface area (Å²) in [6.45, 7) is 0. The van der Waals surface area contributed by atoms with Crippen molar-refractivity contribution in [3.63, 3.8) is 0 Å². The number of rotatable bonds is 2. The van der Waals surface area contributed by atoms with Crippen LogP contribution in [0.4, 0.5) is 0 Å². The van der Waals surface area contributed by atoms with Crippen LogP contribution in [0.5, 0.6) is 0 Å². The largest absolute Gasteiger partial charge is 0.456 e. The lowest BCUT2D eigenvalue weighted by Gasteiger charge is -2.26. The molecular formula is C54H32O. The molecule has 55 heavy (non-hydrogen) atoms. The summed E-state index contributed by atoms with van der Waals surface area (Å²) >= 11 is 0. The van der Waals surface area contributed by atoms with Gasteiger partial charge >= 0.3 is 0 Å². The molecule has 0 unspecified atom stereocenters. The smallest absolute Gasteiger partial charge is 0.135 e. The summed E-state index contributed by atoms with van der Waals surface area (Å²) in [7, 11) is 0. The van der Waals surface area contributed by atoms with E-state index in [-0.39, 0.29) is 0 Å². The summed E-state index contributed by atoms with van der Waals surface area (Å²) in [5.41, 5.74) is 16.5. The minimum absolute atomic E-state index is 0.900. The maximum atomic E-state index is 6.33. The summed E-state index contributed by atoms with van der Waals surface area (Å²) in [6, 6.07) is 71.4. The average Bonchev–Trinajstić information content (AvgIpc) is 3.63. The second kappa shape index (κ2) is 11.6. The van der Waals surface area contributed by atoms with Gasteiger partial charge in [-0.15, -0.1) is 0 Å². The molecule has 0 saturated carbocycles. The monoisotopic (exact) mass is 696 g/mol. The summed E-state index contributed by atoms with van der Waals surface area (Å²) in [6.07, 6.45) is 0. The fourth-order valence-corrected chi connectivity index (χ4v) is 9.36. The topological polar surface area (TPSA) is 13.1 Å². The Morgan fingerprint density at radius 1 is 0.218 bits per heavy atom. The lowest BCUT2D eigenvalue weighted by atomic mass is 9.77. The summed E-state index contributed by atoms with van der Waals surface area (Å²) in [5, 5.41) is 9.94. The van der Waals surface area contributed by atoms with Crippen LogP contribution in [0.1, 0.15) is 0 Å². The van der Waals surface area contributed by atoms with E-state index in [0.29, 0.717) is 0 Å². The van der Waals surface area contributed by atoms with E-state index in [1.165, 1.54) is 93.5 Å². The highest BCUT2D eigenvalue weighted by molar-refractivity contribution is 6.26. The molecule has 1 nitrogen and oxygen atoms in total. The molecule has 0 atom stereocenters. The fourth-order valence-electron chi connectivity index (χ4n) is 9.36. The molecule has 0 amide bonds. The molecule has 0 aliphatic heterocycles. The van der Waals surface area contributed by atoms with Crippen molar-refractivity contribution in [2.24, 2.45) is 0 Å². The highest BCUT2D eigenvalue weighted by Gasteiger charge is 2.26. The number of fused-ring (bicyclic) bond motifs is 17. The molecule has 11 aromatic rings. The molecule has 1 aromatic heterocycles. The van der Waals surface area contributed by atoms with Crippen molar-refractivity contribution >= 4 is 54.3 Å². The standard InChI is InChI=1S/C54H32O/c1-3-15-38-36(13-1)40-17-6-8-21-44(40)51-32-35(33-25-27-45-41-18-4-2-14-37(41)39-16-5-7-20-43(39)49(45)29-33)31-48(54(51)47-23-10-9-19-42(38)47)34-26-28-53-50(30-34)46-22-11-12-24-52(46)55-53/h1-32H. The molecule has 0 radical (unpaired) electrons. The molecule has 254 valence electrons. The first-order valence-electron chi connectivity index (χ1n) is 19.0. The van der Waals surface area contributed by atoms with E-state index in [1.54, 1.807) is 0 Å². The third-order valence-electron chi connectivity index (χ3n) is 11.8. The zero-order valence-electron chi connectivity index (χ0n) is 29.9. The molecule has 0 bridgehead atoms. The van der Waals surface area contributed by atoms with Gasteiger partial charge in [0.05, 0.1) is 0 Å². The Hall–Kier alpha value is -7.22. The third-order valence-corrected chi connectivity index (χ3v) is 11.8. The second-order valence-corrected chi connectivity index (χ2v) is 14.7. The predicted octanol–water partition coefficient (Wildman–Crippen LogP) is 15.4. The van der Waals surface area contributed by atoms with Crippen LogP contribution in [0, 0.1) is 0 Å². The number of furan rings is 1. The van der Waals surface area contributed by atoms with Crippen molar-refractivity contribution < 1.29 is 4.42 Å². The number of benzene rings is 10. The van der Waals surface area contributed by atoms with E-state index in [1.807, 2.05) is 6.07 Å². The Labute approximate surface area is 318 Å². The number of para-hydroxylation sites is 1. The molecule has 0 N–H and O–H groups in total. The van der Waals surface area contributed by atoms with Crippen molar-refractivity contribution in [2.75, 3.05) is 0 Å². The molecule has 0 saturated heterocycles. The first-order valence-corrected chi connectivity index (χ1v) is 19.0. The van der Waals surface area contributed by atoms with Crippen LogP contribution in [0.3, 0.4) is 0 Å². The molecule has 1 heterocycles. The normalized spacial score (nSPS) is 12.0. The summed E-state index contributed by atoms with van der Waals surface area (Å²) < 4.78 is 6.33. The lowest BCUT2D eigenvalue weighted by Crippen LogP contribution is -1.99. The van der Waals surface area contributed by atoms with E-state index in [9.17, 15) is 0 Å². The zero-order valence-corrected chi connectivity index (χ0v) is 29.9. The van der Waals surface area contributed by atoms with Gasteiger partial charge in [0.2, 0.25) is 0 Å². The Kier molecular flexibility index (Phi) is 6.40. The Morgan fingerprint density at radius 2 is 0.636 bits per heavy atom. The van der Waals surface area contributed by atoms with E-state index >= 15 is 0 Å². The van der Waals surface area contributed by atoms with Gasteiger partial charge in [-0.3, -0.25) is 0 Å². The molecule has 1 heteroatoms. The van der Waals surface area contributed by atoms with Crippen LogP contribution in [0.2, 0.25) is 0 Å². The quantitative estimate of drug-likeness (QED) is 0.164. The molecular weight excluding hydrogens is 665 g/mol. The van der Waals surface area contributed by atoms with Crippen LogP contribution >= 0.6 is 0 Å². The zero-order chi connectivity index (χ0) is 36.0. The first kappa shape index (κ1) is 30.3. The van der Waals surface area contributed by atoms with Gasteiger partial charge in [-0.1, -0.05) is 158 Å². The van der Waals surface area contributed by atoms with Gasteiger partial charge < -0.3 is 4.42 Å². The molecule has 1 aliphatic rings. The Bertz CT molecular complexity index is 3340. The van der Waals surface area contributed by atoms with Gasteiger partial charge in [0.1, 0.15) is 11.2 Å². The number of hydrogen-bond acceptors (Lipinski definition) is 1. The van der Waals surface area contributed by atoms with E-state index in [4.69, 9.17) is 4.42 Å². The van der Waals surface area contributed by atoms with Crippen molar-refractivity contribution in [3.8, 4) is 66.8 Å². The average molecular weight is 697 g/mol. The first-order chi connectivity index (χ1) is 27.3. The van der Waals surface area contributed by atoms with Gasteiger partial charge in [-0.05, 0) is 135 Å². The third kappa shape index (κ3) is 4.48. The van der Waals surface area contributed by atoms with Crippen LogP contribution in [-0.2, 0) is 0 Å². The van der Waals surface area contributed by atoms with Gasteiger partial charge in [-0.25, -0.2) is 0 Å². The van der Waals surface area contributed by atoms with Gasteiger partial charge in [-0.2, -0.15) is 0 Å². The molecule has 10 aromatic carbocycles. The van der Waals surface area contributed by atoms with Gasteiger partial charge in [0.25, 0.3) is 0 Å². The Balaban J connectivity index is 1.22. The highest BCUT2D eigenvalue weighted by Crippen LogP contribution is 2.52. The molecule has 1 aliphatic carbocycles. The van der Waals surface area contributed by atoms with Crippen LogP contribution in [-0.4, -0.2) is 0 Å². The maximum absolute atomic E-state index is 6.33. The lowest BCUT2D eigenvalue weighted by molar-refractivity contribution is 0.669. The summed E-state index contributed by atoms with van der Waals surface area (Å²) in [5.74, 6) is 0. The SMILES string of the molecule is c1ccc2c(c1)-c1ccccc1-c1cc(-c3ccc4c5ccccc5c5ccccc5c4c3)cc(-c3ccc4oc5ccccc5c4c3)c1-c1ccccc1-2. The van der Waals surface area contributed by atoms with E-state index in [0.717, 1.165) is 27.5 Å². The minimum Gasteiger partial charge on any atom is -0.456 e. The molecule has 0 spiro atoms. The maximum Gasteiger partial charge on any atom is 0.135 e. The fraction of sp³-hybridized carbons (Fsp3) is 0. The van der Waals surface area contributed by atoms with Crippen molar-refractivity contribution in [1.82, 2.24) is 0 Å². The van der Waals surface area contributed by atoms with Gasteiger partial charge in [0, 0.05) is 10.8 Å². The highest BCUT2D eigenvalue weighted by atomic mass is 16.3. The predicted molar refractivity (Wildman–Crippen MR) is 232 cm³/mol. The number of hydrogen-bond donors (Lipinski definition) is 0. The van der Waals surface area contributed by atoms with E-state index < -0.39 is 0 Å². The van der Waals surface area contributed by atoms with Crippen molar-refractivity contribution in [2.45, 2.75) is 0 Å².